The van der Waals surface area contributed by atoms with Gasteiger partial charge in [-0.2, -0.15) is 0 Å². The first-order chi connectivity index (χ1) is 15.2. The lowest BCUT2D eigenvalue weighted by atomic mass is 10.3. The van der Waals surface area contributed by atoms with Crippen LogP contribution in [0.1, 0.15) is 14.9 Å². The number of nitrogen functional groups attached to an aromatic ring is 1. The maximum atomic E-state index is 5.76. The predicted octanol–water partition coefficient (Wildman–Crippen LogP) is 3.46. The van der Waals surface area contributed by atoms with Gasteiger partial charge in [-0.25, -0.2) is 4.98 Å². The van der Waals surface area contributed by atoms with Crippen LogP contribution in [0.5, 0.6) is 0 Å². The molecule has 0 saturated carbocycles. The van der Waals surface area contributed by atoms with Crippen molar-refractivity contribution in [1.82, 2.24) is 15.3 Å². The third-order valence-corrected chi connectivity index (χ3v) is 4.57. The highest BCUT2D eigenvalue weighted by Crippen LogP contribution is 2.17. The zero-order valence-electron chi connectivity index (χ0n) is 16.7. The van der Waals surface area contributed by atoms with Gasteiger partial charge in [0.1, 0.15) is 0 Å². The van der Waals surface area contributed by atoms with E-state index in [0.717, 1.165) is 16.7 Å². The van der Waals surface area contributed by atoms with Crippen molar-refractivity contribution in [2.75, 3.05) is 42.8 Å². The van der Waals surface area contributed by atoms with Crippen LogP contribution in [0, 0.1) is 0 Å². The molecule has 5 rings (SSSR count). The first kappa shape index (κ1) is 26.3. The summed E-state index contributed by atoms with van der Waals surface area (Å²) in [6.45, 7) is 2.40. The Morgan fingerprint density at radius 2 is 1.52 bits per heavy atom. The van der Waals surface area contributed by atoms with Gasteiger partial charge in [-0.1, -0.05) is 39.1 Å². The normalized spacial score (nSPS) is 15.6. The molecule has 3 aromatic rings. The van der Waals surface area contributed by atoms with Crippen LogP contribution < -0.4 is 21.7 Å². The zero-order valence-corrected chi connectivity index (χ0v) is 17.5. The van der Waals surface area contributed by atoms with Gasteiger partial charge in [0.05, 0.1) is 48.8 Å². The maximum absolute atomic E-state index is 5.76. The summed E-state index contributed by atoms with van der Waals surface area (Å²) in [5.74, 6) is 0.670. The number of benzene rings is 2. The fourth-order valence-corrected chi connectivity index (χ4v) is 3.10. The van der Waals surface area contributed by atoms with E-state index >= 15 is 0 Å². The van der Waals surface area contributed by atoms with E-state index in [1.165, 1.54) is 0 Å². The Hall–Kier alpha value is -2.96. The largest absolute Gasteiger partial charge is 0.397 e. The topological polar surface area (TPSA) is 128 Å². The first-order valence-electron chi connectivity index (χ1n) is 9.77. The number of nitrogens with two attached hydrogens (primary N) is 1. The van der Waals surface area contributed by atoms with E-state index in [9.17, 15) is 0 Å². The highest BCUT2D eigenvalue weighted by atomic mass is 32.1. The van der Waals surface area contributed by atoms with Crippen LogP contribution in [-0.4, -0.2) is 54.3 Å². The van der Waals surface area contributed by atoms with Crippen LogP contribution in [0.4, 0.5) is 17.3 Å². The molecular formula is C22H32N6O4S. The molecule has 1 aromatic heterocycles. The number of ether oxygens (including phenoxy) is 4. The number of anilines is 3. The van der Waals surface area contributed by atoms with Gasteiger partial charge in [-0.15, -0.1) is 0 Å². The molecule has 3 heterocycles. The second-order valence-corrected chi connectivity index (χ2v) is 6.99. The summed E-state index contributed by atoms with van der Waals surface area (Å²) >= 11 is 5.09. The lowest BCUT2D eigenvalue weighted by Gasteiger charge is -2.15. The highest BCUT2D eigenvalue weighted by molar-refractivity contribution is 7.80. The molecule has 0 atom stereocenters. The molecule has 2 fully saturated rings. The number of nitrogens with one attached hydrogen (secondary N) is 4. The van der Waals surface area contributed by atoms with Gasteiger partial charge in [0.2, 0.25) is 18.8 Å². The number of imidazole rings is 1. The average molecular weight is 477 g/mol. The van der Waals surface area contributed by atoms with Gasteiger partial charge in [0.25, 0.3) is 0 Å². The molecule has 33 heavy (non-hydrogen) atoms. The Morgan fingerprint density at radius 3 is 2.18 bits per heavy atom. The van der Waals surface area contributed by atoms with Crippen LogP contribution in [0.25, 0.3) is 11.0 Å². The second-order valence-electron chi connectivity index (χ2n) is 6.58. The van der Waals surface area contributed by atoms with Gasteiger partial charge in [-0.05, 0) is 36.5 Å². The molecule has 2 aliphatic heterocycles. The number of aromatic nitrogens is 2. The lowest BCUT2D eigenvalue weighted by molar-refractivity contribution is -0.0516. The molecule has 11 heteroatoms. The summed E-state index contributed by atoms with van der Waals surface area (Å²) in [4.78, 5) is 7.49. The van der Waals surface area contributed by atoms with Gasteiger partial charge in [-0.3, -0.25) is 0 Å². The van der Waals surface area contributed by atoms with Crippen molar-refractivity contribution >= 4 is 45.7 Å². The molecule has 0 unspecified atom stereocenters. The van der Waals surface area contributed by atoms with E-state index in [4.69, 9.17) is 36.9 Å². The molecule has 0 bridgehead atoms. The Bertz CT molecular complexity index is 972. The Morgan fingerprint density at radius 1 is 0.909 bits per heavy atom. The predicted molar refractivity (Wildman–Crippen MR) is 135 cm³/mol. The fraction of sp³-hybridized carbons (Fsp3) is 0.364. The molecule has 2 saturated heterocycles. The summed E-state index contributed by atoms with van der Waals surface area (Å²) in [5.41, 5.74) is 9.09. The molecule has 0 amide bonds. The van der Waals surface area contributed by atoms with E-state index in [2.05, 4.69) is 25.9 Å². The van der Waals surface area contributed by atoms with Crippen molar-refractivity contribution in [2.24, 2.45) is 0 Å². The maximum Gasteiger partial charge on any atom is 0.240 e. The Labute approximate surface area is 199 Å². The van der Waals surface area contributed by atoms with E-state index in [1.54, 1.807) is 6.07 Å². The van der Waals surface area contributed by atoms with Gasteiger partial charge in [0, 0.05) is 0 Å². The van der Waals surface area contributed by atoms with Crippen LogP contribution in [0.2, 0.25) is 0 Å². The quantitative estimate of drug-likeness (QED) is 0.282. The lowest BCUT2D eigenvalue weighted by Crippen LogP contribution is -2.38. The third kappa shape index (κ3) is 7.55. The average Bonchev–Trinajstić information content (AvgIpc) is 3.52. The molecule has 0 spiro atoms. The summed E-state index contributed by atoms with van der Waals surface area (Å²) < 4.78 is 20.9. The number of thiocarbonyl (C=S) groups is 1. The number of hydrogen-bond acceptors (Lipinski definition) is 8. The molecule has 10 nitrogen and oxygen atoms in total. The first-order valence-corrected chi connectivity index (χ1v) is 10.2. The van der Waals surface area contributed by atoms with E-state index in [0.29, 0.717) is 43.2 Å². The molecular weight excluding hydrogens is 444 g/mol. The standard InChI is InChI=1S/C10H13N3O2S.C10H11N3O2.2CH4/c11-7-3-1-2-4-8(7)12-9(16)13-10-14-5-6-15-10;1-2-4-8-7(3-1)11-9(12-8)13-10-14-5-6-15-10;;/h1-4,10H,5-6,11H2,(H2,12,13,16);1-4,10H,5-6H2,(H2,11,12,13);2*1H4. The number of aromatic amines is 1. The van der Waals surface area contributed by atoms with Crippen LogP contribution in [0.15, 0.2) is 48.5 Å². The minimum Gasteiger partial charge on any atom is -0.397 e. The zero-order chi connectivity index (χ0) is 21.5. The number of nitrogens with zero attached hydrogens (tertiary/aromatic N) is 1. The molecule has 2 aliphatic rings. The van der Waals surface area contributed by atoms with Crippen LogP contribution in [0.3, 0.4) is 0 Å². The van der Waals surface area contributed by atoms with E-state index in [-0.39, 0.29) is 21.3 Å². The van der Waals surface area contributed by atoms with Crippen molar-refractivity contribution in [1.29, 1.82) is 0 Å². The molecule has 0 aliphatic carbocycles. The Kier molecular flexibility index (Phi) is 10.3. The number of para-hydroxylation sites is 4. The van der Waals surface area contributed by atoms with E-state index in [1.807, 2.05) is 42.5 Å². The van der Waals surface area contributed by atoms with Crippen molar-refractivity contribution in [2.45, 2.75) is 27.7 Å². The summed E-state index contributed by atoms with van der Waals surface area (Å²) in [6, 6.07) is 15.2. The van der Waals surface area contributed by atoms with Crippen LogP contribution in [-0.2, 0) is 18.9 Å². The minimum atomic E-state index is -0.468. The summed E-state index contributed by atoms with van der Waals surface area (Å²) in [5, 5.41) is 9.29. The monoisotopic (exact) mass is 476 g/mol. The molecule has 0 radical (unpaired) electrons. The Balaban J connectivity index is 0.000000220. The molecule has 6 N–H and O–H groups in total. The summed E-state index contributed by atoms with van der Waals surface area (Å²) in [7, 11) is 0. The van der Waals surface area contributed by atoms with Gasteiger partial charge < -0.3 is 45.6 Å². The minimum absolute atomic E-state index is 0. The van der Waals surface area contributed by atoms with Gasteiger partial charge >= 0.3 is 0 Å². The number of rotatable bonds is 4. The fourth-order valence-electron chi connectivity index (χ4n) is 2.89. The van der Waals surface area contributed by atoms with Crippen LogP contribution >= 0.6 is 12.2 Å². The van der Waals surface area contributed by atoms with Crippen molar-refractivity contribution < 1.29 is 18.9 Å². The molecule has 2 aromatic carbocycles. The number of fused-ring (bicyclic) bond motifs is 1. The summed E-state index contributed by atoms with van der Waals surface area (Å²) in [6.07, 6.45) is -0.851. The number of hydrogen-bond donors (Lipinski definition) is 5. The van der Waals surface area contributed by atoms with Crippen molar-refractivity contribution in [3.8, 4) is 0 Å². The molecule has 180 valence electrons. The van der Waals surface area contributed by atoms with Crippen molar-refractivity contribution in [3.05, 3.63) is 48.5 Å². The SMILES string of the molecule is C.C.Nc1ccccc1NC(=S)NC1OCCO1.c1ccc2[nH]c(NC3OCCO3)nc2c1. The highest BCUT2D eigenvalue weighted by Gasteiger charge is 2.17. The third-order valence-electron chi connectivity index (χ3n) is 4.35. The van der Waals surface area contributed by atoms with Gasteiger partial charge in [0.15, 0.2) is 5.11 Å². The smallest absolute Gasteiger partial charge is 0.240 e. The van der Waals surface area contributed by atoms with Crippen molar-refractivity contribution in [3.63, 3.8) is 0 Å². The number of H-pyrrole nitrogens is 1. The van der Waals surface area contributed by atoms with E-state index < -0.39 is 6.41 Å². The second kappa shape index (κ2) is 12.9.